The highest BCUT2D eigenvalue weighted by molar-refractivity contribution is 5.75. The number of carbonyl (C=O) groups is 1. The highest BCUT2D eigenvalue weighted by Gasteiger charge is 2.13. The van der Waals surface area contributed by atoms with Crippen LogP contribution in [0.2, 0.25) is 0 Å². The second-order valence-corrected chi connectivity index (χ2v) is 7.37. The summed E-state index contributed by atoms with van der Waals surface area (Å²) in [7, 11) is 0. The fourth-order valence-electron chi connectivity index (χ4n) is 2.79. The summed E-state index contributed by atoms with van der Waals surface area (Å²) in [6, 6.07) is 8.53. The van der Waals surface area contributed by atoms with Crippen molar-refractivity contribution in [1.82, 2.24) is 10.4 Å². The van der Waals surface area contributed by atoms with E-state index in [9.17, 15) is 4.79 Å². The van der Waals surface area contributed by atoms with Crippen LogP contribution in [0.5, 0.6) is 0 Å². The molecule has 2 rings (SSSR count). The molecule has 4 heteroatoms. The highest BCUT2D eigenvalue weighted by Crippen LogP contribution is 2.22. The monoisotopic (exact) mass is 318 g/mol. The third kappa shape index (κ3) is 6.32. The van der Waals surface area contributed by atoms with Crippen LogP contribution in [0.25, 0.3) is 0 Å². The number of hydrogen-bond acceptors (Lipinski definition) is 3. The lowest BCUT2D eigenvalue weighted by Crippen LogP contribution is -2.30. The third-order valence-corrected chi connectivity index (χ3v) is 4.35. The Morgan fingerprint density at radius 3 is 2.43 bits per heavy atom. The molecule has 0 aromatic heterocycles. The number of nitrogens with zero attached hydrogens (tertiary/aromatic N) is 1. The second kappa shape index (κ2) is 8.46. The van der Waals surface area contributed by atoms with E-state index < -0.39 is 0 Å². The van der Waals surface area contributed by atoms with Gasteiger partial charge in [0.05, 0.1) is 6.61 Å². The molecule has 0 bridgehead atoms. The molecule has 1 N–H and O–H groups in total. The molecule has 1 saturated heterocycles. The predicted octanol–water partition coefficient (Wildman–Crippen LogP) is 3.06. The Bertz CT molecular complexity index is 485. The van der Waals surface area contributed by atoms with Gasteiger partial charge in [0.25, 0.3) is 0 Å². The zero-order valence-corrected chi connectivity index (χ0v) is 14.7. The summed E-state index contributed by atoms with van der Waals surface area (Å²) in [5.41, 5.74) is 5.21. The maximum atomic E-state index is 11.8. The molecule has 0 atom stereocenters. The molecular formula is C19H30N2O2. The van der Waals surface area contributed by atoms with Gasteiger partial charge in [-0.25, -0.2) is 5.48 Å². The maximum absolute atomic E-state index is 11.8. The minimum absolute atomic E-state index is 0.0497. The van der Waals surface area contributed by atoms with E-state index in [4.69, 9.17) is 4.84 Å². The summed E-state index contributed by atoms with van der Waals surface area (Å²) < 4.78 is 0. The number of amides is 1. The average molecular weight is 318 g/mol. The van der Waals surface area contributed by atoms with E-state index in [1.807, 2.05) is 0 Å². The molecule has 1 aliphatic heterocycles. The summed E-state index contributed by atoms with van der Waals surface area (Å²) in [6.45, 7) is 10.4. The summed E-state index contributed by atoms with van der Waals surface area (Å²) in [5, 5.41) is 0. The molecule has 1 heterocycles. The maximum Gasteiger partial charge on any atom is 0.243 e. The van der Waals surface area contributed by atoms with Crippen molar-refractivity contribution in [3.05, 3.63) is 35.4 Å². The van der Waals surface area contributed by atoms with Crippen molar-refractivity contribution in [2.75, 3.05) is 26.2 Å². The van der Waals surface area contributed by atoms with Crippen molar-refractivity contribution in [3.8, 4) is 0 Å². The normalized spacial score (nSPS) is 15.8. The van der Waals surface area contributed by atoms with Crippen LogP contribution in [0.1, 0.15) is 51.2 Å². The smallest absolute Gasteiger partial charge is 0.243 e. The molecule has 0 radical (unpaired) electrons. The van der Waals surface area contributed by atoms with Crippen molar-refractivity contribution < 1.29 is 9.63 Å². The molecule has 1 aromatic rings. The van der Waals surface area contributed by atoms with Gasteiger partial charge in [-0.2, -0.15) is 0 Å². The molecule has 0 spiro atoms. The minimum atomic E-state index is -0.0497. The van der Waals surface area contributed by atoms with Crippen LogP contribution < -0.4 is 5.48 Å². The molecule has 0 saturated carbocycles. The fraction of sp³-hybridized carbons (Fsp3) is 0.632. The number of benzene rings is 1. The third-order valence-electron chi connectivity index (χ3n) is 4.35. The van der Waals surface area contributed by atoms with Gasteiger partial charge in [0, 0.05) is 13.0 Å². The summed E-state index contributed by atoms with van der Waals surface area (Å²) in [5.74, 6) is -0.0497. The summed E-state index contributed by atoms with van der Waals surface area (Å²) >= 11 is 0. The lowest BCUT2D eigenvalue weighted by Gasteiger charge is -2.19. The van der Waals surface area contributed by atoms with Crippen LogP contribution in [0.3, 0.4) is 0 Å². The van der Waals surface area contributed by atoms with Crippen molar-refractivity contribution in [2.24, 2.45) is 0 Å². The van der Waals surface area contributed by atoms with Crippen molar-refractivity contribution in [3.63, 3.8) is 0 Å². The van der Waals surface area contributed by atoms with Crippen LogP contribution in [0.15, 0.2) is 24.3 Å². The Labute approximate surface area is 140 Å². The van der Waals surface area contributed by atoms with E-state index in [2.05, 4.69) is 55.4 Å². The Balaban J connectivity index is 1.62. The molecule has 1 fully saturated rings. The standard InChI is InChI=1S/C19H30N2O2/c1-19(2,3)17-9-6-16(7-10-17)8-11-18(22)20-23-15-14-21-12-4-5-13-21/h6-7,9-10H,4-5,8,11-15H2,1-3H3,(H,20,22). The number of hydroxylamine groups is 1. The van der Waals surface area contributed by atoms with Gasteiger partial charge < -0.3 is 4.90 Å². The molecule has 0 unspecified atom stereocenters. The number of aryl methyl sites for hydroxylation is 1. The number of carbonyl (C=O) groups excluding carboxylic acids is 1. The van der Waals surface area contributed by atoms with Crippen molar-refractivity contribution >= 4 is 5.91 Å². The summed E-state index contributed by atoms with van der Waals surface area (Å²) in [6.07, 6.45) is 3.76. The van der Waals surface area contributed by atoms with Gasteiger partial charge in [0.15, 0.2) is 0 Å². The summed E-state index contributed by atoms with van der Waals surface area (Å²) in [4.78, 5) is 19.4. The Kier molecular flexibility index (Phi) is 6.60. The topological polar surface area (TPSA) is 41.6 Å². The SMILES string of the molecule is CC(C)(C)c1ccc(CCC(=O)NOCCN2CCCC2)cc1. The minimum Gasteiger partial charge on any atom is -0.301 e. The van der Waals surface area contributed by atoms with Crippen LogP contribution in [0.4, 0.5) is 0 Å². The van der Waals surface area contributed by atoms with Crippen molar-refractivity contribution in [1.29, 1.82) is 0 Å². The largest absolute Gasteiger partial charge is 0.301 e. The predicted molar refractivity (Wildman–Crippen MR) is 93.2 cm³/mol. The zero-order chi connectivity index (χ0) is 16.7. The van der Waals surface area contributed by atoms with E-state index in [-0.39, 0.29) is 11.3 Å². The van der Waals surface area contributed by atoms with E-state index in [0.717, 1.165) is 26.1 Å². The molecule has 1 aromatic carbocycles. The molecular weight excluding hydrogens is 288 g/mol. The molecule has 23 heavy (non-hydrogen) atoms. The van der Waals surface area contributed by atoms with E-state index in [1.165, 1.54) is 24.0 Å². The Hall–Kier alpha value is -1.39. The molecule has 1 aliphatic rings. The van der Waals surface area contributed by atoms with Gasteiger partial charge in [-0.1, -0.05) is 45.0 Å². The van der Waals surface area contributed by atoms with Gasteiger partial charge >= 0.3 is 0 Å². The van der Waals surface area contributed by atoms with Crippen molar-refractivity contribution in [2.45, 2.75) is 51.9 Å². The van der Waals surface area contributed by atoms with Crippen LogP contribution in [-0.4, -0.2) is 37.0 Å². The molecule has 4 nitrogen and oxygen atoms in total. The highest BCUT2D eigenvalue weighted by atomic mass is 16.6. The van der Waals surface area contributed by atoms with Crippen LogP contribution in [0, 0.1) is 0 Å². The quantitative estimate of drug-likeness (QED) is 0.620. The zero-order valence-electron chi connectivity index (χ0n) is 14.7. The molecule has 1 amide bonds. The van der Waals surface area contributed by atoms with E-state index >= 15 is 0 Å². The van der Waals surface area contributed by atoms with Crippen LogP contribution in [-0.2, 0) is 21.5 Å². The Morgan fingerprint density at radius 2 is 1.83 bits per heavy atom. The van der Waals surface area contributed by atoms with Gasteiger partial charge in [0.2, 0.25) is 5.91 Å². The number of likely N-dealkylation sites (tertiary alicyclic amines) is 1. The number of nitrogens with one attached hydrogen (secondary N) is 1. The second-order valence-electron chi connectivity index (χ2n) is 7.37. The van der Waals surface area contributed by atoms with Gasteiger partial charge in [-0.3, -0.25) is 9.63 Å². The fourth-order valence-corrected chi connectivity index (χ4v) is 2.79. The first-order chi connectivity index (χ1) is 10.9. The lowest BCUT2D eigenvalue weighted by molar-refractivity contribution is -0.133. The van der Waals surface area contributed by atoms with Gasteiger partial charge in [0.1, 0.15) is 0 Å². The van der Waals surface area contributed by atoms with E-state index in [0.29, 0.717) is 13.0 Å². The number of hydrogen-bond donors (Lipinski definition) is 1. The average Bonchev–Trinajstić information content (AvgIpc) is 3.02. The molecule has 0 aliphatic carbocycles. The number of rotatable bonds is 7. The molecule has 128 valence electrons. The Morgan fingerprint density at radius 1 is 1.17 bits per heavy atom. The van der Waals surface area contributed by atoms with E-state index in [1.54, 1.807) is 0 Å². The first kappa shape index (κ1) is 18.0. The lowest BCUT2D eigenvalue weighted by atomic mass is 9.86. The first-order valence-electron chi connectivity index (χ1n) is 8.67. The van der Waals surface area contributed by atoms with Crippen LogP contribution >= 0.6 is 0 Å². The van der Waals surface area contributed by atoms with Gasteiger partial charge in [-0.15, -0.1) is 0 Å². The first-order valence-corrected chi connectivity index (χ1v) is 8.67. The van der Waals surface area contributed by atoms with Gasteiger partial charge in [-0.05, 0) is 48.9 Å².